The fourth-order valence-electron chi connectivity index (χ4n) is 2.13. The summed E-state index contributed by atoms with van der Waals surface area (Å²) in [5, 5.41) is 0. The van der Waals surface area contributed by atoms with Crippen molar-refractivity contribution in [2.24, 2.45) is 11.3 Å². The Balaban J connectivity index is 2.71. The van der Waals surface area contributed by atoms with Crippen molar-refractivity contribution in [2.75, 3.05) is 0 Å². The molecule has 1 aliphatic rings. The molecule has 1 heteroatoms. The van der Waals surface area contributed by atoms with E-state index in [9.17, 15) is 4.79 Å². The fraction of sp³-hybridized carbons (Fsp3) is 0.583. The van der Waals surface area contributed by atoms with Crippen LogP contribution in [0, 0.1) is 11.3 Å². The zero-order valence-corrected chi connectivity index (χ0v) is 8.60. The van der Waals surface area contributed by atoms with Gasteiger partial charge >= 0.3 is 0 Å². The highest BCUT2D eigenvalue weighted by Gasteiger charge is 2.39. The molecule has 1 rings (SSSR count). The van der Waals surface area contributed by atoms with Crippen LogP contribution in [0.3, 0.4) is 0 Å². The van der Waals surface area contributed by atoms with Crippen LogP contribution in [0.15, 0.2) is 24.8 Å². The Morgan fingerprint density at radius 1 is 1.62 bits per heavy atom. The molecule has 0 N–H and O–H groups in total. The minimum Gasteiger partial charge on any atom is -0.294 e. The summed E-state index contributed by atoms with van der Waals surface area (Å²) in [5.41, 5.74) is 1.05. The predicted octanol–water partition coefficient (Wildman–Crippen LogP) is 3.12. The lowest BCUT2D eigenvalue weighted by Gasteiger charge is -2.20. The first-order valence-corrected chi connectivity index (χ1v) is 4.82. The van der Waals surface area contributed by atoms with Crippen molar-refractivity contribution in [1.29, 1.82) is 0 Å². The smallest absolute Gasteiger partial charge is 0.160 e. The summed E-state index contributed by atoms with van der Waals surface area (Å²) in [6, 6.07) is 0. The van der Waals surface area contributed by atoms with Crippen molar-refractivity contribution in [3.8, 4) is 0 Å². The summed E-state index contributed by atoms with van der Waals surface area (Å²) in [6.07, 6.45) is 4.49. The molecule has 0 saturated heterocycles. The van der Waals surface area contributed by atoms with Crippen LogP contribution >= 0.6 is 0 Å². The molecule has 0 amide bonds. The lowest BCUT2D eigenvalue weighted by Crippen LogP contribution is -2.22. The molecule has 0 aromatic rings. The van der Waals surface area contributed by atoms with Gasteiger partial charge in [0.1, 0.15) is 0 Å². The van der Waals surface area contributed by atoms with E-state index in [1.807, 2.05) is 6.92 Å². The highest BCUT2D eigenvalue weighted by molar-refractivity contribution is 5.94. The summed E-state index contributed by atoms with van der Waals surface area (Å²) in [7, 11) is 0. The molecular formula is C12H18O. The van der Waals surface area contributed by atoms with E-state index in [2.05, 4.69) is 20.1 Å². The number of allylic oxidation sites excluding steroid dienone is 2. The molecule has 13 heavy (non-hydrogen) atoms. The Hall–Kier alpha value is -0.850. The number of rotatable bonds is 3. The average Bonchev–Trinajstić information content (AvgIpc) is 2.48. The standard InChI is InChI=1S/C12H18O/c1-5-11(13)12(4)7-6-10(8-12)9(2)3/h5,10H,1-2,6-8H2,3-4H3/t10-,12+/m0/s1. The van der Waals surface area contributed by atoms with Crippen molar-refractivity contribution in [1.82, 2.24) is 0 Å². The van der Waals surface area contributed by atoms with Gasteiger partial charge in [0.05, 0.1) is 0 Å². The number of hydrogen-bond donors (Lipinski definition) is 0. The van der Waals surface area contributed by atoms with Crippen LogP contribution < -0.4 is 0 Å². The largest absolute Gasteiger partial charge is 0.294 e. The molecule has 2 atom stereocenters. The van der Waals surface area contributed by atoms with E-state index in [4.69, 9.17) is 0 Å². The quantitative estimate of drug-likeness (QED) is 0.479. The maximum Gasteiger partial charge on any atom is 0.160 e. The lowest BCUT2D eigenvalue weighted by atomic mass is 9.82. The second-order valence-electron chi connectivity index (χ2n) is 4.42. The molecule has 0 spiro atoms. The highest BCUT2D eigenvalue weighted by atomic mass is 16.1. The Bertz CT molecular complexity index is 252. The van der Waals surface area contributed by atoms with Crippen LogP contribution in [-0.2, 0) is 4.79 Å². The number of carbonyl (C=O) groups is 1. The molecule has 1 nitrogen and oxygen atoms in total. The second-order valence-corrected chi connectivity index (χ2v) is 4.42. The van der Waals surface area contributed by atoms with E-state index in [0.717, 1.165) is 19.3 Å². The van der Waals surface area contributed by atoms with E-state index in [1.54, 1.807) is 0 Å². The molecule has 0 unspecified atom stereocenters. The van der Waals surface area contributed by atoms with E-state index in [1.165, 1.54) is 11.6 Å². The van der Waals surface area contributed by atoms with Gasteiger partial charge in [0.25, 0.3) is 0 Å². The average molecular weight is 178 g/mol. The zero-order chi connectivity index (χ0) is 10.1. The molecule has 0 heterocycles. The van der Waals surface area contributed by atoms with Crippen LogP contribution in [0.1, 0.15) is 33.1 Å². The first-order chi connectivity index (χ1) is 5.99. The molecule has 72 valence electrons. The normalized spacial score (nSPS) is 32.9. The third-order valence-corrected chi connectivity index (χ3v) is 3.22. The van der Waals surface area contributed by atoms with Gasteiger partial charge in [0, 0.05) is 5.41 Å². The van der Waals surface area contributed by atoms with Crippen molar-refractivity contribution >= 4 is 5.78 Å². The first kappa shape index (κ1) is 10.2. The maximum absolute atomic E-state index is 11.6. The minimum absolute atomic E-state index is 0.161. The maximum atomic E-state index is 11.6. The minimum atomic E-state index is -0.161. The Morgan fingerprint density at radius 3 is 2.62 bits per heavy atom. The van der Waals surface area contributed by atoms with Gasteiger partial charge in [-0.25, -0.2) is 0 Å². The van der Waals surface area contributed by atoms with Gasteiger partial charge in [-0.3, -0.25) is 4.79 Å². The van der Waals surface area contributed by atoms with Gasteiger partial charge in [-0.05, 0) is 38.2 Å². The second kappa shape index (κ2) is 3.49. The molecule has 1 saturated carbocycles. The van der Waals surface area contributed by atoms with Crippen LogP contribution in [0.4, 0.5) is 0 Å². The molecular weight excluding hydrogens is 160 g/mol. The third kappa shape index (κ3) is 1.90. The fourth-order valence-corrected chi connectivity index (χ4v) is 2.13. The van der Waals surface area contributed by atoms with Gasteiger partial charge in [-0.15, -0.1) is 0 Å². The molecule has 0 radical (unpaired) electrons. The Kier molecular flexibility index (Phi) is 2.74. The predicted molar refractivity (Wildman–Crippen MR) is 55.5 cm³/mol. The SMILES string of the molecule is C=CC(=O)[C@]1(C)CC[C@H](C(=C)C)C1. The number of hydrogen-bond acceptors (Lipinski definition) is 1. The number of carbonyl (C=O) groups excluding carboxylic acids is 1. The molecule has 0 bridgehead atoms. The molecule has 0 aliphatic heterocycles. The summed E-state index contributed by atoms with van der Waals surface area (Å²) in [5.74, 6) is 0.727. The van der Waals surface area contributed by atoms with E-state index in [0.29, 0.717) is 5.92 Å². The molecule has 1 aliphatic carbocycles. The first-order valence-electron chi connectivity index (χ1n) is 4.82. The number of ketones is 1. The summed E-state index contributed by atoms with van der Waals surface area (Å²) in [6.45, 7) is 11.6. The van der Waals surface area contributed by atoms with Gasteiger partial charge in [-0.2, -0.15) is 0 Å². The zero-order valence-electron chi connectivity index (χ0n) is 8.60. The monoisotopic (exact) mass is 178 g/mol. The van der Waals surface area contributed by atoms with Gasteiger partial charge in [-0.1, -0.05) is 25.7 Å². The van der Waals surface area contributed by atoms with Gasteiger partial charge in [0.15, 0.2) is 5.78 Å². The Labute approximate surface area is 80.5 Å². The lowest BCUT2D eigenvalue weighted by molar-refractivity contribution is -0.122. The summed E-state index contributed by atoms with van der Waals surface area (Å²) >= 11 is 0. The van der Waals surface area contributed by atoms with Crippen LogP contribution in [0.5, 0.6) is 0 Å². The topological polar surface area (TPSA) is 17.1 Å². The van der Waals surface area contributed by atoms with Gasteiger partial charge in [0.2, 0.25) is 0 Å². The van der Waals surface area contributed by atoms with Crippen molar-refractivity contribution in [3.05, 3.63) is 24.8 Å². The summed E-state index contributed by atoms with van der Waals surface area (Å²) < 4.78 is 0. The van der Waals surface area contributed by atoms with E-state index < -0.39 is 0 Å². The molecule has 0 aromatic carbocycles. The van der Waals surface area contributed by atoms with Crippen LogP contribution in [-0.4, -0.2) is 5.78 Å². The third-order valence-electron chi connectivity index (χ3n) is 3.22. The molecule has 0 aromatic heterocycles. The van der Waals surface area contributed by atoms with Crippen LogP contribution in [0.2, 0.25) is 0 Å². The highest BCUT2D eigenvalue weighted by Crippen LogP contribution is 2.44. The van der Waals surface area contributed by atoms with Crippen molar-refractivity contribution in [3.63, 3.8) is 0 Å². The van der Waals surface area contributed by atoms with Crippen molar-refractivity contribution in [2.45, 2.75) is 33.1 Å². The van der Waals surface area contributed by atoms with Crippen LogP contribution in [0.25, 0.3) is 0 Å². The molecule has 1 fully saturated rings. The summed E-state index contributed by atoms with van der Waals surface area (Å²) in [4.78, 5) is 11.6. The Morgan fingerprint density at radius 2 is 2.23 bits per heavy atom. The van der Waals surface area contributed by atoms with E-state index >= 15 is 0 Å². The van der Waals surface area contributed by atoms with Crippen molar-refractivity contribution < 1.29 is 4.79 Å². The van der Waals surface area contributed by atoms with E-state index in [-0.39, 0.29) is 11.2 Å². The van der Waals surface area contributed by atoms with Gasteiger partial charge < -0.3 is 0 Å².